The number of azo groups is 3. The van der Waals surface area contributed by atoms with E-state index in [0.717, 1.165) is 59.1 Å². The molecule has 90 heavy (non-hydrogen) atoms. The van der Waals surface area contributed by atoms with Gasteiger partial charge in [0.1, 0.15) is 45.2 Å². The summed E-state index contributed by atoms with van der Waals surface area (Å²) in [6, 6.07) is 20.8. The van der Waals surface area contributed by atoms with Crippen molar-refractivity contribution in [1.29, 1.82) is 0 Å². The lowest BCUT2D eigenvalue weighted by Crippen LogP contribution is -2.36. The maximum absolute atomic E-state index is 13.7. The van der Waals surface area contributed by atoms with E-state index in [1.165, 1.54) is 111 Å². The number of aliphatic hydroxyl groups excluding tert-OH is 2. The first-order valence-corrected chi connectivity index (χ1v) is 35.8. The number of hydrogen-bond donors (Lipinski definition) is 11. The molecule has 0 amide bonds. The third-order valence-corrected chi connectivity index (χ3v) is 26.0. The van der Waals surface area contributed by atoms with E-state index in [9.17, 15) is 36.7 Å². The number of phenolic OH excluding ortho intramolecular Hbond substituents is 1. The molecular formula is C52H34N14O14S10. The molecule has 38 heteroatoms. The van der Waals surface area contributed by atoms with Crippen molar-refractivity contribution in [1.82, 2.24) is 0 Å². The number of benzene rings is 6. The number of anilines is 3. The molecule has 14 N–H and O–H groups in total. The molecule has 0 spiro atoms. The Labute approximate surface area is 539 Å². The van der Waals surface area contributed by atoms with E-state index in [0.29, 0.717) is 51.0 Å². The smallest absolute Gasteiger partial charge is 0.296 e. The first-order valence-electron chi connectivity index (χ1n) is 25.4. The minimum absolute atomic E-state index is 0.00967. The van der Waals surface area contributed by atoms with Crippen LogP contribution in [-0.4, -0.2) is 80.9 Å². The zero-order valence-corrected chi connectivity index (χ0v) is 52.5. The second-order valence-corrected chi connectivity index (χ2v) is 30.6. The summed E-state index contributed by atoms with van der Waals surface area (Å²) in [5.74, 6) is -0.755. The Morgan fingerprint density at radius 2 is 1.31 bits per heavy atom. The van der Waals surface area contributed by atoms with E-state index in [-0.39, 0.29) is 83.2 Å². The van der Waals surface area contributed by atoms with Gasteiger partial charge in [-0.3, -0.25) is 14.3 Å². The lowest BCUT2D eigenvalue weighted by atomic mass is 9.99. The van der Waals surface area contributed by atoms with Gasteiger partial charge in [-0.2, -0.15) is 23.8 Å². The molecule has 6 aromatic rings. The Bertz CT molecular complexity index is 4830. The third kappa shape index (κ3) is 10.9. The number of aliphatic imine (C=N–C) groups is 3. The number of fused-ring (bicyclic) bond motifs is 5. The highest BCUT2D eigenvalue weighted by molar-refractivity contribution is 8.80. The van der Waals surface area contributed by atoms with Crippen LogP contribution in [0.25, 0.3) is 10.8 Å². The fraction of sp³-hybridized carbons (Fsp3) is 0.0577. The predicted molar refractivity (Wildman–Crippen MR) is 347 cm³/mol. The van der Waals surface area contributed by atoms with Crippen molar-refractivity contribution in [3.8, 4) is 5.75 Å². The zero-order chi connectivity index (χ0) is 62.5. The Kier molecular flexibility index (Phi) is 15.9. The second-order valence-electron chi connectivity index (χ2n) is 19.4. The van der Waals surface area contributed by atoms with Gasteiger partial charge in [0.15, 0.2) is 11.5 Å². The number of nitrogens with two attached hydrogens (primary N) is 3. The minimum atomic E-state index is -5.09. The van der Waals surface area contributed by atoms with Crippen LogP contribution in [0.4, 0.5) is 56.9 Å². The maximum Gasteiger partial charge on any atom is 0.296 e. The Morgan fingerprint density at radius 1 is 0.656 bits per heavy atom. The molecule has 4 bridgehead atoms. The van der Waals surface area contributed by atoms with Crippen LogP contribution in [0, 0.1) is 0 Å². The first-order chi connectivity index (χ1) is 43.3. The number of allylic oxidation sites excluding steroid dienone is 2. The van der Waals surface area contributed by atoms with Crippen LogP contribution in [0.1, 0.15) is 0 Å². The van der Waals surface area contributed by atoms with Gasteiger partial charge in [-0.05, 0) is 119 Å². The van der Waals surface area contributed by atoms with Gasteiger partial charge < -0.3 is 37.8 Å². The molecule has 8 aliphatic rings. The van der Waals surface area contributed by atoms with Crippen LogP contribution < -0.4 is 27.2 Å². The Hall–Kier alpha value is -7.35. The molecule has 6 aromatic carbocycles. The van der Waals surface area contributed by atoms with E-state index in [1.54, 1.807) is 40.8 Å². The van der Waals surface area contributed by atoms with E-state index in [2.05, 4.69) is 59.5 Å². The van der Waals surface area contributed by atoms with Crippen LogP contribution in [0.15, 0.2) is 232 Å². The summed E-state index contributed by atoms with van der Waals surface area (Å²) in [5, 5.41) is 86.8. The average molecular weight is 1400 g/mol. The normalized spacial score (nSPS) is 19.9. The Balaban J connectivity index is 0.686. The largest absolute Gasteiger partial charge is 0.505 e. The summed E-state index contributed by atoms with van der Waals surface area (Å²) in [7, 11) is -3.50. The zero-order valence-electron chi connectivity index (χ0n) is 44.3. The molecule has 5 aliphatic heterocycles. The number of aromatic hydroxyl groups is 1. The minimum Gasteiger partial charge on any atom is -0.505 e. The summed E-state index contributed by atoms with van der Waals surface area (Å²) in [5.41, 5.74) is 24.0. The summed E-state index contributed by atoms with van der Waals surface area (Å²) < 4.78 is 74.7. The van der Waals surface area contributed by atoms with Crippen LogP contribution in [0.3, 0.4) is 0 Å². The number of phenols is 1. The SMILES string of the molecule is NC1=CC2=NC3=CC4=Nc5c(cc6c7c5SSC5=C(O)C(N)=C(N=Nc8ccc(NS(=O)(=O)c9ccc(N=Nc%10c(S(=O)(=O)O)cc%11cc(SOOO)c(N=Nc%12ccc(SOOO)cc%12)c(O)c%11c%10N)cc9)cc8)C(=N6)C5S7)NC4C4=C3SC2C(=C1O)SS4. The second kappa shape index (κ2) is 23.7. The number of rotatable bonds is 16. The number of sulfonamides is 1. The molecular weight excluding hydrogens is 1370 g/mol. The average Bonchev–Trinajstić information content (AvgIpc) is 1.37. The van der Waals surface area contributed by atoms with Crippen molar-refractivity contribution in [3.63, 3.8) is 0 Å². The predicted octanol–water partition coefficient (Wildman–Crippen LogP) is 14.5. The van der Waals surface area contributed by atoms with Gasteiger partial charge >= 0.3 is 0 Å². The molecule has 0 saturated carbocycles. The lowest BCUT2D eigenvalue weighted by Gasteiger charge is -2.34. The van der Waals surface area contributed by atoms with Gasteiger partial charge in [0, 0.05) is 20.4 Å². The fourth-order valence-corrected chi connectivity index (χ4v) is 21.8. The first kappa shape index (κ1) is 60.2. The summed E-state index contributed by atoms with van der Waals surface area (Å²) >= 11 is 4.19. The van der Waals surface area contributed by atoms with Crippen LogP contribution in [0.2, 0.25) is 0 Å². The van der Waals surface area contributed by atoms with Crippen molar-refractivity contribution >= 4 is 196 Å². The van der Waals surface area contributed by atoms with Crippen molar-refractivity contribution in [2.75, 3.05) is 15.8 Å². The van der Waals surface area contributed by atoms with E-state index in [1.807, 2.05) is 12.1 Å². The van der Waals surface area contributed by atoms with Gasteiger partial charge in [-0.25, -0.2) is 28.9 Å². The quantitative estimate of drug-likeness (QED) is 0.00815. The molecule has 5 heterocycles. The molecule has 3 aliphatic carbocycles. The molecule has 0 radical (unpaired) electrons. The van der Waals surface area contributed by atoms with Crippen LogP contribution in [-0.2, 0) is 38.9 Å². The highest BCUT2D eigenvalue weighted by Gasteiger charge is 2.46. The van der Waals surface area contributed by atoms with Gasteiger partial charge in [-0.1, -0.05) is 42.5 Å². The van der Waals surface area contributed by atoms with Crippen molar-refractivity contribution < 1.29 is 66.0 Å². The molecule has 14 rings (SSSR count). The summed E-state index contributed by atoms with van der Waals surface area (Å²) in [6.45, 7) is 0. The van der Waals surface area contributed by atoms with Crippen LogP contribution in [0.5, 0.6) is 5.75 Å². The molecule has 3 atom stereocenters. The Morgan fingerprint density at radius 3 is 2.03 bits per heavy atom. The van der Waals surface area contributed by atoms with E-state index < -0.39 is 47.4 Å². The molecule has 0 aromatic heterocycles. The van der Waals surface area contributed by atoms with Gasteiger partial charge in [0.2, 0.25) is 0 Å². The van der Waals surface area contributed by atoms with Gasteiger partial charge in [-0.15, -0.1) is 47.5 Å². The fourth-order valence-electron chi connectivity index (χ4n) is 9.91. The summed E-state index contributed by atoms with van der Waals surface area (Å²) in [4.78, 5) is 19.9. The number of hydrogen-bond acceptors (Lipinski definition) is 34. The van der Waals surface area contributed by atoms with E-state index in [4.69, 9.17) is 42.7 Å². The van der Waals surface area contributed by atoms with Crippen LogP contribution >= 0.6 is 90.8 Å². The van der Waals surface area contributed by atoms with Gasteiger partial charge in [0.05, 0.1) is 132 Å². The highest BCUT2D eigenvalue weighted by Crippen LogP contribution is 2.64. The molecule has 0 fully saturated rings. The molecule has 3 unspecified atom stereocenters. The standard InChI is InChI=1S/C52H34N14O14S10/c53-25-15-28-47-51(42(25)67)87-85-49-36-26(16-29(56-28)45(49)81-47)57-37-27(58-36)17-30-46-50(37)86-88-52-44(69)35(55)40(41(59-30)48(52)82-46)65-62-19-1-3-22(4-2-19)66-89(72,73)24-11-7-21(8-12-24)61-64-39-32(90(74,75)76)14-18-13-31(84-80-78-71)38(43(68)33(18)34(39)54)63-60-20-5-9-23(10-6-20)83-79-77-70/h1-17,36,47-48,58,66-71H,53-55H2,(H,74,75,76). The number of nitrogens with one attached hydrogen (secondary N) is 2. The monoisotopic (exact) mass is 1400 g/mol. The molecule has 456 valence electrons. The summed E-state index contributed by atoms with van der Waals surface area (Å²) in [6.07, 6.45) is 3.72. The molecule has 28 nitrogen and oxygen atoms in total. The number of thioether (sulfide) groups is 2. The number of nitrogen functional groups attached to an aromatic ring is 1. The van der Waals surface area contributed by atoms with E-state index >= 15 is 0 Å². The molecule has 0 saturated heterocycles. The number of nitrogens with zero attached hydrogens (tertiary/aromatic N) is 9. The van der Waals surface area contributed by atoms with Crippen molar-refractivity contribution in [3.05, 3.63) is 157 Å². The third-order valence-electron chi connectivity index (χ3n) is 14.0. The van der Waals surface area contributed by atoms with Crippen molar-refractivity contribution in [2.24, 2.45) is 57.1 Å². The van der Waals surface area contributed by atoms with Gasteiger partial charge in [0.25, 0.3) is 20.1 Å². The number of aliphatic hydroxyl groups is 2. The highest BCUT2D eigenvalue weighted by atomic mass is 33.1. The topological polar surface area (TPSA) is 440 Å². The lowest BCUT2D eigenvalue weighted by molar-refractivity contribution is -0.432. The van der Waals surface area contributed by atoms with Crippen molar-refractivity contribution in [2.45, 2.75) is 45.9 Å². The maximum atomic E-state index is 13.7.